The molecule has 2 rings (SSSR count). The summed E-state index contributed by atoms with van der Waals surface area (Å²) >= 11 is 5.88. The normalized spacial score (nSPS) is 11.2. The first kappa shape index (κ1) is 14.4. The molecule has 0 aliphatic carbocycles. The van der Waals surface area contributed by atoms with Gasteiger partial charge >= 0.3 is 6.36 Å². The molecule has 2 nitrogen and oxygen atoms in total. The van der Waals surface area contributed by atoms with Crippen LogP contribution in [0.15, 0.2) is 48.5 Å². The summed E-state index contributed by atoms with van der Waals surface area (Å²) in [6.45, 7) is 0. The van der Waals surface area contributed by atoms with Crippen molar-refractivity contribution in [2.45, 2.75) is 6.36 Å². The van der Waals surface area contributed by atoms with Crippen molar-refractivity contribution in [3.05, 3.63) is 64.7 Å². The third-order valence-electron chi connectivity index (χ3n) is 2.45. The van der Waals surface area contributed by atoms with E-state index in [0.29, 0.717) is 0 Å². The Kier molecular flexibility index (Phi) is 3.99. The standard InChI is InChI=1S/C14H8ClF3O2/c15-12-7-2-1-6-11(12)13(19)9-4-3-5-10(8-9)20-14(16,17)18/h1-8H. The SMILES string of the molecule is O=C(c1cccc(OC(F)(F)F)c1)c1ccccc1Cl. The van der Waals surface area contributed by atoms with E-state index in [-0.39, 0.29) is 16.1 Å². The van der Waals surface area contributed by atoms with Crippen molar-refractivity contribution in [2.75, 3.05) is 0 Å². The van der Waals surface area contributed by atoms with Crippen molar-refractivity contribution in [3.8, 4) is 5.75 Å². The number of benzene rings is 2. The van der Waals surface area contributed by atoms with Gasteiger partial charge in [-0.3, -0.25) is 4.79 Å². The first-order valence-electron chi connectivity index (χ1n) is 5.52. The fourth-order valence-corrected chi connectivity index (χ4v) is 1.86. The molecule has 0 amide bonds. The number of ether oxygens (including phenoxy) is 1. The van der Waals surface area contributed by atoms with Gasteiger partial charge in [0.1, 0.15) is 5.75 Å². The molecular formula is C14H8ClF3O2. The van der Waals surface area contributed by atoms with E-state index in [0.717, 1.165) is 12.1 Å². The van der Waals surface area contributed by atoms with E-state index in [1.165, 1.54) is 24.3 Å². The summed E-state index contributed by atoms with van der Waals surface area (Å²) in [5, 5.41) is 0.236. The third-order valence-corrected chi connectivity index (χ3v) is 2.78. The molecule has 0 fully saturated rings. The first-order valence-corrected chi connectivity index (χ1v) is 5.89. The number of rotatable bonds is 3. The Morgan fingerprint density at radius 3 is 2.40 bits per heavy atom. The highest BCUT2D eigenvalue weighted by atomic mass is 35.5. The van der Waals surface area contributed by atoms with Crippen molar-refractivity contribution < 1.29 is 22.7 Å². The molecule has 0 spiro atoms. The van der Waals surface area contributed by atoms with E-state index in [9.17, 15) is 18.0 Å². The lowest BCUT2D eigenvalue weighted by Crippen LogP contribution is -2.17. The summed E-state index contributed by atoms with van der Waals surface area (Å²) < 4.78 is 40.2. The van der Waals surface area contributed by atoms with E-state index in [2.05, 4.69) is 4.74 Å². The van der Waals surface area contributed by atoms with Gasteiger partial charge in [-0.2, -0.15) is 0 Å². The van der Waals surface area contributed by atoms with Crippen LogP contribution in [0.1, 0.15) is 15.9 Å². The monoisotopic (exact) mass is 300 g/mol. The molecule has 0 unspecified atom stereocenters. The van der Waals surface area contributed by atoms with Crippen molar-refractivity contribution in [1.29, 1.82) is 0 Å². The van der Waals surface area contributed by atoms with E-state index < -0.39 is 17.9 Å². The second-order valence-electron chi connectivity index (χ2n) is 3.88. The van der Waals surface area contributed by atoms with Crippen molar-refractivity contribution in [1.82, 2.24) is 0 Å². The van der Waals surface area contributed by atoms with E-state index in [4.69, 9.17) is 11.6 Å². The molecular weight excluding hydrogens is 293 g/mol. The molecule has 104 valence electrons. The predicted molar refractivity (Wildman–Crippen MR) is 68.0 cm³/mol. The summed E-state index contributed by atoms with van der Waals surface area (Å²) in [5.41, 5.74) is 0.290. The van der Waals surface area contributed by atoms with Gasteiger partial charge in [-0.05, 0) is 24.3 Å². The van der Waals surface area contributed by atoms with Crippen molar-refractivity contribution in [2.24, 2.45) is 0 Å². The molecule has 0 aromatic heterocycles. The summed E-state index contributed by atoms with van der Waals surface area (Å²) in [4.78, 5) is 12.2. The maximum absolute atomic E-state index is 12.2. The van der Waals surface area contributed by atoms with Crippen molar-refractivity contribution in [3.63, 3.8) is 0 Å². The van der Waals surface area contributed by atoms with E-state index in [1.54, 1.807) is 12.1 Å². The fourth-order valence-electron chi connectivity index (χ4n) is 1.64. The van der Waals surface area contributed by atoms with Crippen LogP contribution < -0.4 is 4.74 Å². The minimum absolute atomic E-state index is 0.0693. The van der Waals surface area contributed by atoms with Crippen LogP contribution in [0.2, 0.25) is 5.02 Å². The summed E-state index contributed by atoms with van der Waals surface area (Å²) in [6, 6.07) is 11.2. The van der Waals surface area contributed by atoms with Crippen LogP contribution in [-0.4, -0.2) is 12.1 Å². The molecule has 0 radical (unpaired) electrons. The van der Waals surface area contributed by atoms with Gasteiger partial charge in [-0.25, -0.2) is 0 Å². The number of ketones is 1. The Labute approximate surface area is 117 Å². The maximum Gasteiger partial charge on any atom is 0.573 e. The second kappa shape index (κ2) is 5.54. The number of hydrogen-bond donors (Lipinski definition) is 0. The smallest absolute Gasteiger partial charge is 0.406 e. The highest BCUT2D eigenvalue weighted by Crippen LogP contribution is 2.25. The maximum atomic E-state index is 12.2. The Morgan fingerprint density at radius 2 is 1.75 bits per heavy atom. The number of halogens is 4. The average Bonchev–Trinajstić information content (AvgIpc) is 2.37. The van der Waals surface area contributed by atoms with Gasteiger partial charge < -0.3 is 4.74 Å². The van der Waals surface area contributed by atoms with Gasteiger partial charge in [0, 0.05) is 11.1 Å². The van der Waals surface area contributed by atoms with Crippen molar-refractivity contribution >= 4 is 17.4 Å². The molecule has 20 heavy (non-hydrogen) atoms. The molecule has 0 aliphatic heterocycles. The van der Waals surface area contributed by atoms with Crippen LogP contribution in [0, 0.1) is 0 Å². The lowest BCUT2D eigenvalue weighted by Gasteiger charge is -2.10. The molecule has 0 bridgehead atoms. The molecule has 6 heteroatoms. The first-order chi connectivity index (χ1) is 9.37. The van der Waals surface area contributed by atoms with Gasteiger partial charge in [0.15, 0.2) is 5.78 Å². The van der Waals surface area contributed by atoms with E-state index >= 15 is 0 Å². The van der Waals surface area contributed by atoms with Crippen LogP contribution in [-0.2, 0) is 0 Å². The van der Waals surface area contributed by atoms with Gasteiger partial charge in [0.25, 0.3) is 0 Å². The minimum atomic E-state index is -4.80. The van der Waals surface area contributed by atoms with Crippen LogP contribution >= 0.6 is 11.6 Å². The molecule has 0 saturated carbocycles. The average molecular weight is 301 g/mol. The number of carbonyl (C=O) groups is 1. The zero-order valence-electron chi connectivity index (χ0n) is 9.95. The molecule has 0 aliphatic rings. The largest absolute Gasteiger partial charge is 0.573 e. The third kappa shape index (κ3) is 3.51. The quantitative estimate of drug-likeness (QED) is 0.782. The Balaban J connectivity index is 2.32. The van der Waals surface area contributed by atoms with Gasteiger partial charge in [0.2, 0.25) is 0 Å². The second-order valence-corrected chi connectivity index (χ2v) is 4.29. The predicted octanol–water partition coefficient (Wildman–Crippen LogP) is 4.47. The Hall–Kier alpha value is -2.01. The molecule has 0 N–H and O–H groups in total. The van der Waals surface area contributed by atoms with Crippen LogP contribution in [0.25, 0.3) is 0 Å². The van der Waals surface area contributed by atoms with Crippen LogP contribution in [0.4, 0.5) is 13.2 Å². The lowest BCUT2D eigenvalue weighted by molar-refractivity contribution is -0.274. The highest BCUT2D eigenvalue weighted by Gasteiger charge is 2.31. The van der Waals surface area contributed by atoms with Crippen LogP contribution in [0.3, 0.4) is 0 Å². The van der Waals surface area contributed by atoms with Gasteiger partial charge in [-0.15, -0.1) is 13.2 Å². The molecule has 0 saturated heterocycles. The summed E-state index contributed by atoms with van der Waals surface area (Å²) in [6.07, 6.45) is -4.80. The highest BCUT2D eigenvalue weighted by molar-refractivity contribution is 6.34. The molecule has 0 atom stereocenters. The van der Waals surface area contributed by atoms with Gasteiger partial charge in [0.05, 0.1) is 5.02 Å². The lowest BCUT2D eigenvalue weighted by atomic mass is 10.0. The Morgan fingerprint density at radius 1 is 1.05 bits per heavy atom. The zero-order chi connectivity index (χ0) is 14.8. The topological polar surface area (TPSA) is 26.3 Å². The minimum Gasteiger partial charge on any atom is -0.406 e. The number of alkyl halides is 3. The summed E-state index contributed by atoms with van der Waals surface area (Å²) in [7, 11) is 0. The zero-order valence-corrected chi connectivity index (χ0v) is 10.7. The number of carbonyl (C=O) groups excluding carboxylic acids is 1. The van der Waals surface area contributed by atoms with Gasteiger partial charge in [-0.1, -0.05) is 35.9 Å². The Bertz CT molecular complexity index is 638. The van der Waals surface area contributed by atoms with Crippen LogP contribution in [0.5, 0.6) is 5.75 Å². The molecule has 2 aromatic carbocycles. The number of hydrogen-bond acceptors (Lipinski definition) is 2. The van der Waals surface area contributed by atoms with E-state index in [1.807, 2.05) is 0 Å². The summed E-state index contributed by atoms with van der Waals surface area (Å²) in [5.74, 6) is -0.918. The molecule has 0 heterocycles. The molecule has 2 aromatic rings. The fraction of sp³-hybridized carbons (Fsp3) is 0.0714.